The minimum Gasteiger partial charge on any atom is -0.351 e. The van der Waals surface area contributed by atoms with Gasteiger partial charge in [0.2, 0.25) is 0 Å². The van der Waals surface area contributed by atoms with Gasteiger partial charge in [0.15, 0.2) is 0 Å². The molecule has 212 valence electrons. The van der Waals surface area contributed by atoms with Crippen molar-refractivity contribution in [3.63, 3.8) is 0 Å². The highest BCUT2D eigenvalue weighted by Crippen LogP contribution is 2.34. The third kappa shape index (κ3) is 5.43. The molecule has 2 heterocycles. The van der Waals surface area contributed by atoms with Crippen LogP contribution in [-0.2, 0) is 13.1 Å². The van der Waals surface area contributed by atoms with Gasteiger partial charge in [0, 0.05) is 17.9 Å². The first-order valence-corrected chi connectivity index (χ1v) is 14.6. The summed E-state index contributed by atoms with van der Waals surface area (Å²) in [6.45, 7) is 2.33. The Bertz CT molecular complexity index is 1790. The van der Waals surface area contributed by atoms with E-state index in [4.69, 9.17) is 11.6 Å². The molecular formula is C35H33ClN4O2. The fourth-order valence-electron chi connectivity index (χ4n) is 5.71. The standard InChI is InChI=1S/C35H33ClN4O2/c1-38(2)20-8-19-37-34(41)33-18-16-27-23-40(32-14-6-4-10-26(32)22-39(27)33)35(42)30-17-15-25(21-31(30)36)29-13-7-11-24-9-3-5-12-28(24)29/h3-7,9-18,21H,8,19-20,22-23H2,1-2H3,(H,37,41). The molecule has 0 saturated carbocycles. The van der Waals surface area contributed by atoms with Crippen molar-refractivity contribution in [2.75, 3.05) is 32.1 Å². The molecule has 0 bridgehead atoms. The predicted molar refractivity (Wildman–Crippen MR) is 170 cm³/mol. The summed E-state index contributed by atoms with van der Waals surface area (Å²) in [6.07, 6.45) is 0.872. The van der Waals surface area contributed by atoms with E-state index >= 15 is 0 Å². The Hall–Kier alpha value is -4.39. The van der Waals surface area contributed by atoms with Gasteiger partial charge in [0.1, 0.15) is 5.69 Å². The van der Waals surface area contributed by atoms with Gasteiger partial charge in [-0.2, -0.15) is 0 Å². The number of rotatable bonds is 7. The third-order valence-electron chi connectivity index (χ3n) is 7.85. The zero-order valence-corrected chi connectivity index (χ0v) is 24.6. The Kier molecular flexibility index (Phi) is 7.83. The fourth-order valence-corrected chi connectivity index (χ4v) is 5.97. The molecule has 5 aromatic rings. The predicted octanol–water partition coefficient (Wildman–Crippen LogP) is 6.85. The average Bonchev–Trinajstić information content (AvgIpc) is 3.31. The maximum atomic E-state index is 14.1. The van der Waals surface area contributed by atoms with Gasteiger partial charge < -0.3 is 19.7 Å². The molecule has 6 nitrogen and oxygen atoms in total. The van der Waals surface area contributed by atoms with Gasteiger partial charge in [-0.25, -0.2) is 0 Å². The molecule has 0 fully saturated rings. The molecule has 0 spiro atoms. The summed E-state index contributed by atoms with van der Waals surface area (Å²) in [5.74, 6) is -0.286. The maximum Gasteiger partial charge on any atom is 0.267 e. The van der Waals surface area contributed by atoms with Crippen LogP contribution in [-0.4, -0.2) is 48.5 Å². The van der Waals surface area contributed by atoms with Crippen LogP contribution < -0.4 is 10.2 Å². The lowest BCUT2D eigenvalue weighted by Gasteiger charge is -2.23. The fraction of sp³-hybridized carbons (Fsp3) is 0.200. The Morgan fingerprint density at radius 2 is 1.67 bits per heavy atom. The number of hydrogen-bond acceptors (Lipinski definition) is 3. The van der Waals surface area contributed by atoms with Crippen molar-refractivity contribution in [1.82, 2.24) is 14.8 Å². The lowest BCUT2D eigenvalue weighted by atomic mass is 9.97. The van der Waals surface area contributed by atoms with Gasteiger partial charge >= 0.3 is 0 Å². The van der Waals surface area contributed by atoms with Gasteiger partial charge in [0.05, 0.1) is 23.7 Å². The Morgan fingerprint density at radius 1 is 0.881 bits per heavy atom. The summed E-state index contributed by atoms with van der Waals surface area (Å²) >= 11 is 6.83. The molecule has 0 unspecified atom stereocenters. The van der Waals surface area contributed by atoms with E-state index in [1.165, 1.54) is 0 Å². The number of aromatic nitrogens is 1. The number of para-hydroxylation sites is 1. The number of benzene rings is 4. The second-order valence-electron chi connectivity index (χ2n) is 11.0. The van der Waals surface area contributed by atoms with Crippen LogP contribution in [0.3, 0.4) is 0 Å². The third-order valence-corrected chi connectivity index (χ3v) is 8.16. The first-order valence-electron chi connectivity index (χ1n) is 14.2. The van der Waals surface area contributed by atoms with Crippen molar-refractivity contribution in [3.05, 3.63) is 125 Å². The smallest absolute Gasteiger partial charge is 0.267 e. The largest absolute Gasteiger partial charge is 0.351 e. The van der Waals surface area contributed by atoms with Crippen LogP contribution in [0.25, 0.3) is 21.9 Å². The molecule has 2 amide bonds. The number of amides is 2. The van der Waals surface area contributed by atoms with E-state index < -0.39 is 0 Å². The van der Waals surface area contributed by atoms with E-state index in [0.29, 0.717) is 35.9 Å². The molecule has 1 aromatic heterocycles. The van der Waals surface area contributed by atoms with E-state index in [-0.39, 0.29) is 11.8 Å². The molecule has 0 atom stereocenters. The molecule has 7 heteroatoms. The number of fused-ring (bicyclic) bond motifs is 3. The van der Waals surface area contributed by atoms with Gasteiger partial charge in [-0.05, 0) is 84.9 Å². The monoisotopic (exact) mass is 576 g/mol. The number of hydrogen-bond donors (Lipinski definition) is 1. The van der Waals surface area contributed by atoms with E-state index in [1.54, 1.807) is 4.90 Å². The molecule has 0 saturated heterocycles. The van der Waals surface area contributed by atoms with Crippen LogP contribution in [0, 0.1) is 0 Å². The van der Waals surface area contributed by atoms with Crippen molar-refractivity contribution in [2.24, 2.45) is 0 Å². The Balaban J connectivity index is 1.30. The number of carbonyl (C=O) groups excluding carboxylic acids is 2. The minimum atomic E-state index is -0.179. The van der Waals surface area contributed by atoms with Crippen LogP contribution in [0.1, 0.15) is 38.5 Å². The normalized spacial score (nSPS) is 12.6. The number of anilines is 1. The van der Waals surface area contributed by atoms with Gasteiger partial charge in [-0.15, -0.1) is 0 Å². The van der Waals surface area contributed by atoms with Crippen LogP contribution in [0.2, 0.25) is 5.02 Å². The lowest BCUT2D eigenvalue weighted by Crippen LogP contribution is -2.31. The van der Waals surface area contributed by atoms with E-state index in [2.05, 4.69) is 34.5 Å². The molecular weight excluding hydrogens is 544 g/mol. The number of halogens is 1. The Labute approximate surface area is 251 Å². The molecule has 6 rings (SSSR count). The molecule has 1 aliphatic heterocycles. The highest BCUT2D eigenvalue weighted by atomic mass is 35.5. The van der Waals surface area contributed by atoms with Crippen molar-refractivity contribution in [2.45, 2.75) is 19.5 Å². The summed E-state index contributed by atoms with van der Waals surface area (Å²) in [4.78, 5) is 31.1. The zero-order valence-electron chi connectivity index (χ0n) is 23.8. The molecule has 1 aliphatic rings. The van der Waals surface area contributed by atoms with E-state index in [0.717, 1.165) is 51.8 Å². The molecule has 1 N–H and O–H groups in total. The van der Waals surface area contributed by atoms with E-state index in [9.17, 15) is 9.59 Å². The van der Waals surface area contributed by atoms with Gasteiger partial charge in [0.25, 0.3) is 11.8 Å². The summed E-state index contributed by atoms with van der Waals surface area (Å²) in [6, 6.07) is 31.7. The van der Waals surface area contributed by atoms with Crippen LogP contribution in [0.5, 0.6) is 0 Å². The Morgan fingerprint density at radius 3 is 2.50 bits per heavy atom. The highest BCUT2D eigenvalue weighted by molar-refractivity contribution is 6.35. The van der Waals surface area contributed by atoms with Crippen LogP contribution >= 0.6 is 11.6 Å². The quantitative estimate of drug-likeness (QED) is 0.216. The first-order chi connectivity index (χ1) is 20.4. The van der Waals surface area contributed by atoms with Crippen molar-refractivity contribution < 1.29 is 9.59 Å². The number of nitrogens with one attached hydrogen (secondary N) is 1. The molecule has 42 heavy (non-hydrogen) atoms. The van der Waals surface area contributed by atoms with Crippen LogP contribution in [0.15, 0.2) is 97.1 Å². The average molecular weight is 577 g/mol. The number of carbonyl (C=O) groups is 2. The van der Waals surface area contributed by atoms with Crippen molar-refractivity contribution >= 4 is 39.9 Å². The topological polar surface area (TPSA) is 57.6 Å². The van der Waals surface area contributed by atoms with Gasteiger partial charge in [-0.1, -0.05) is 78.3 Å². The SMILES string of the molecule is CN(C)CCCNC(=O)c1ccc2n1Cc1ccccc1N(C(=O)c1ccc(-c3cccc4ccccc34)cc1Cl)C2. The first kappa shape index (κ1) is 27.8. The molecule has 0 aliphatic carbocycles. The summed E-state index contributed by atoms with van der Waals surface area (Å²) in [5, 5.41) is 5.73. The zero-order chi connectivity index (χ0) is 29.2. The highest BCUT2D eigenvalue weighted by Gasteiger charge is 2.28. The summed E-state index contributed by atoms with van der Waals surface area (Å²) < 4.78 is 2.01. The van der Waals surface area contributed by atoms with Crippen molar-refractivity contribution in [3.8, 4) is 11.1 Å². The van der Waals surface area contributed by atoms with Crippen molar-refractivity contribution in [1.29, 1.82) is 0 Å². The van der Waals surface area contributed by atoms with Gasteiger partial charge in [-0.3, -0.25) is 9.59 Å². The molecule has 0 radical (unpaired) electrons. The second-order valence-corrected chi connectivity index (χ2v) is 11.4. The lowest BCUT2D eigenvalue weighted by molar-refractivity contribution is 0.0942. The molecule has 4 aromatic carbocycles. The summed E-state index contributed by atoms with van der Waals surface area (Å²) in [7, 11) is 4.04. The second kappa shape index (κ2) is 11.8. The van der Waals surface area contributed by atoms with E-state index in [1.807, 2.05) is 91.5 Å². The number of nitrogens with zero attached hydrogens (tertiary/aromatic N) is 3. The summed E-state index contributed by atoms with van der Waals surface area (Å²) in [5.41, 5.74) is 5.73. The maximum absolute atomic E-state index is 14.1. The minimum absolute atomic E-state index is 0.107. The van der Waals surface area contributed by atoms with Crippen LogP contribution in [0.4, 0.5) is 5.69 Å².